The van der Waals surface area contributed by atoms with Crippen LogP contribution in [0.25, 0.3) is 34.4 Å². The van der Waals surface area contributed by atoms with E-state index in [-0.39, 0.29) is 24.8 Å². The Kier molecular flexibility index (Phi) is 7.49. The molecule has 2 atom stereocenters. The second kappa shape index (κ2) is 10.5. The van der Waals surface area contributed by atoms with Gasteiger partial charge >= 0.3 is 225 Å². The monoisotopic (exact) mass is 612 g/mol. The fourth-order valence-corrected chi connectivity index (χ4v) is 11.4. The summed E-state index contributed by atoms with van der Waals surface area (Å²) in [5.74, 6) is 0. The van der Waals surface area contributed by atoms with Crippen molar-refractivity contribution in [2.24, 2.45) is 0 Å². The quantitative estimate of drug-likeness (QED) is 0.294. The van der Waals surface area contributed by atoms with Crippen molar-refractivity contribution in [3.63, 3.8) is 0 Å². The molecule has 188 valence electrons. The molecule has 0 saturated carbocycles. The Morgan fingerprint density at radius 2 is 1.39 bits per heavy atom. The van der Waals surface area contributed by atoms with Gasteiger partial charge in [-0.05, 0) is 0 Å². The summed E-state index contributed by atoms with van der Waals surface area (Å²) in [6.45, 7) is 6.83. The van der Waals surface area contributed by atoms with Crippen molar-refractivity contribution in [3.8, 4) is 0 Å². The predicted molar refractivity (Wildman–Crippen MR) is 147 cm³/mol. The summed E-state index contributed by atoms with van der Waals surface area (Å²) in [6.07, 6.45) is 9.39. The number of hydrogen-bond acceptors (Lipinski definition) is 0. The van der Waals surface area contributed by atoms with Crippen molar-refractivity contribution in [1.82, 2.24) is 9.13 Å². The maximum atomic E-state index is 2.54. The van der Waals surface area contributed by atoms with E-state index >= 15 is 0 Å². The number of halogens is 2. The summed E-state index contributed by atoms with van der Waals surface area (Å²) in [7, 11) is 0. The van der Waals surface area contributed by atoms with Crippen LogP contribution < -0.4 is 24.8 Å². The maximum Gasteiger partial charge on any atom is -1.00 e. The molecular formula is C33H28Cl2N2Zr. The smallest absolute Gasteiger partial charge is 1.00 e. The molecule has 2 heterocycles. The third kappa shape index (κ3) is 4.20. The molecule has 3 aromatic carbocycles. The third-order valence-corrected chi connectivity index (χ3v) is 12.5. The zero-order valence-electron chi connectivity index (χ0n) is 21.6. The third-order valence-electron chi connectivity index (χ3n) is 7.89. The largest absolute Gasteiger partial charge is 1.00 e. The van der Waals surface area contributed by atoms with Gasteiger partial charge < -0.3 is 24.8 Å². The first kappa shape index (κ1) is 27.0. The van der Waals surface area contributed by atoms with Crippen LogP contribution in [0, 0.1) is 20.8 Å². The molecule has 2 aromatic heterocycles. The first-order valence-electron chi connectivity index (χ1n) is 12.7. The average molecular weight is 615 g/mol. The fourth-order valence-electron chi connectivity index (χ4n) is 6.19. The van der Waals surface area contributed by atoms with E-state index in [2.05, 4.69) is 133 Å². The van der Waals surface area contributed by atoms with Crippen LogP contribution in [0.15, 0.2) is 91.3 Å². The summed E-state index contributed by atoms with van der Waals surface area (Å²) in [6, 6.07) is 29.2. The number of aryl methyl sites for hydroxylation is 3. The predicted octanol–water partition coefficient (Wildman–Crippen LogP) is 2.26. The van der Waals surface area contributed by atoms with E-state index in [0.29, 0.717) is 7.25 Å². The van der Waals surface area contributed by atoms with E-state index in [1.54, 1.807) is 5.56 Å². The number of para-hydroxylation sites is 1. The van der Waals surface area contributed by atoms with Crippen LogP contribution in [0.4, 0.5) is 0 Å². The van der Waals surface area contributed by atoms with Gasteiger partial charge in [0.25, 0.3) is 0 Å². The fraction of sp³-hybridized carbons (Fsp3) is 0.152. The van der Waals surface area contributed by atoms with E-state index in [1.165, 1.54) is 55.8 Å². The van der Waals surface area contributed by atoms with E-state index in [0.717, 1.165) is 0 Å². The summed E-state index contributed by atoms with van der Waals surface area (Å²) >= 11 is -1.08. The van der Waals surface area contributed by atoms with Crippen molar-refractivity contribution in [1.29, 1.82) is 0 Å². The number of benzene rings is 3. The van der Waals surface area contributed by atoms with Gasteiger partial charge in [-0.1, -0.05) is 0 Å². The second-order valence-electron chi connectivity index (χ2n) is 10.1. The normalized spacial score (nSPS) is 17.1. The second-order valence-corrected chi connectivity index (χ2v) is 13.8. The van der Waals surface area contributed by atoms with Gasteiger partial charge in [0.1, 0.15) is 0 Å². The van der Waals surface area contributed by atoms with Gasteiger partial charge in [0.2, 0.25) is 0 Å². The van der Waals surface area contributed by atoms with Crippen LogP contribution in [0.5, 0.6) is 0 Å². The molecule has 2 aliphatic rings. The number of fused-ring (bicyclic) bond motifs is 3. The zero-order chi connectivity index (χ0) is 24.4. The number of nitrogens with zero attached hydrogens (tertiary/aromatic N) is 2. The van der Waals surface area contributed by atoms with E-state index in [9.17, 15) is 0 Å². The Balaban J connectivity index is 0.00000147. The molecule has 2 aliphatic carbocycles. The Labute approximate surface area is 248 Å². The number of allylic oxidation sites excluding steroid dienone is 2. The first-order chi connectivity index (χ1) is 17.6. The van der Waals surface area contributed by atoms with Crippen LogP contribution in [0.1, 0.15) is 46.3 Å². The summed E-state index contributed by atoms with van der Waals surface area (Å²) in [5.41, 5.74) is 14.3. The van der Waals surface area contributed by atoms with Crippen molar-refractivity contribution in [2.45, 2.75) is 28.0 Å². The summed E-state index contributed by atoms with van der Waals surface area (Å²) in [5, 5.41) is 1.32. The summed E-state index contributed by atoms with van der Waals surface area (Å²) in [4.78, 5) is 0. The van der Waals surface area contributed by atoms with Gasteiger partial charge in [-0.15, -0.1) is 0 Å². The minimum Gasteiger partial charge on any atom is -1.00 e. The topological polar surface area (TPSA) is 9.86 Å². The Morgan fingerprint density at radius 1 is 0.684 bits per heavy atom. The molecule has 0 bridgehead atoms. The number of aromatic nitrogens is 2. The van der Waals surface area contributed by atoms with Gasteiger partial charge in [-0.2, -0.15) is 0 Å². The van der Waals surface area contributed by atoms with Crippen LogP contribution in [-0.2, 0) is 23.2 Å². The van der Waals surface area contributed by atoms with Gasteiger partial charge in [-0.3, -0.25) is 0 Å². The Bertz CT molecular complexity index is 1710. The van der Waals surface area contributed by atoms with Crippen LogP contribution >= 0.6 is 0 Å². The molecule has 0 fully saturated rings. The van der Waals surface area contributed by atoms with Crippen molar-refractivity contribution >= 4 is 34.4 Å². The van der Waals surface area contributed by atoms with Crippen molar-refractivity contribution in [2.75, 3.05) is 0 Å². The van der Waals surface area contributed by atoms with Gasteiger partial charge in [0.05, 0.1) is 0 Å². The minimum atomic E-state index is -1.08. The number of hydrogen-bond donors (Lipinski definition) is 0. The average Bonchev–Trinajstić information content (AvgIpc) is 3.66. The first-order valence-corrected chi connectivity index (χ1v) is 15.5. The zero-order valence-corrected chi connectivity index (χ0v) is 25.6. The van der Waals surface area contributed by atoms with Crippen LogP contribution in [-0.4, -0.2) is 9.13 Å². The molecule has 38 heavy (non-hydrogen) atoms. The van der Waals surface area contributed by atoms with Crippen LogP contribution in [0.3, 0.4) is 0 Å². The maximum absolute atomic E-state index is 2.54. The standard InChI is InChI=1S/C18H14N.C15H14N.2ClH.Zr/c1-13-10-16-8-4-5-9-18(16)19(13)17-11-14-6-2-3-7-15(14)12-17;1-11-5-6-12(2)15-10-13(9-14(11)15)16-7-3-4-8-16;;;/h2-12H,1H3;3-10H,1-2H3;2*1H;/q;;;;+2/p-2. The SMILES string of the molecule is Cc1ccc(C)c2c1C=C(n1cccc1)[CH]2[Zr+2][CH]1C(n2c(C)cc3ccccc32)=Cc2ccccc21.[Cl-].[Cl-]. The minimum absolute atomic E-state index is 0. The Morgan fingerprint density at radius 3 is 2.21 bits per heavy atom. The van der Waals surface area contributed by atoms with Gasteiger partial charge in [-0.25, -0.2) is 0 Å². The molecule has 0 radical (unpaired) electrons. The van der Waals surface area contributed by atoms with Crippen molar-refractivity contribution in [3.05, 3.63) is 130 Å². The molecule has 2 nitrogen and oxygen atoms in total. The molecule has 7 rings (SSSR count). The van der Waals surface area contributed by atoms with Gasteiger partial charge in [0, 0.05) is 0 Å². The molecular weight excluding hydrogens is 587 g/mol. The number of rotatable bonds is 4. The van der Waals surface area contributed by atoms with E-state index in [1.807, 2.05) is 0 Å². The van der Waals surface area contributed by atoms with Crippen LogP contribution in [0.2, 0.25) is 0 Å². The molecule has 0 saturated heterocycles. The molecule has 0 spiro atoms. The molecule has 5 heteroatoms. The molecule has 0 aliphatic heterocycles. The summed E-state index contributed by atoms with van der Waals surface area (Å²) < 4.78 is 5.88. The van der Waals surface area contributed by atoms with Gasteiger partial charge in [0.15, 0.2) is 0 Å². The van der Waals surface area contributed by atoms with E-state index < -0.39 is 23.2 Å². The molecule has 0 amide bonds. The Hall–Kier alpha value is -2.58. The van der Waals surface area contributed by atoms with E-state index in [4.69, 9.17) is 0 Å². The molecule has 0 N–H and O–H groups in total. The van der Waals surface area contributed by atoms with Crippen molar-refractivity contribution < 1.29 is 48.0 Å². The molecule has 5 aromatic rings. The molecule has 2 unspecified atom stereocenters.